The minimum Gasteiger partial charge on any atom is -0.339 e. The first-order valence-electron chi connectivity index (χ1n) is 7.87. The Kier molecular flexibility index (Phi) is 4.70. The normalized spacial score (nSPS) is 10.6. The third-order valence-corrected chi connectivity index (χ3v) is 3.81. The molecule has 0 bridgehead atoms. The van der Waals surface area contributed by atoms with Crippen LogP contribution in [0, 0.1) is 13.8 Å². The van der Waals surface area contributed by atoms with Crippen molar-refractivity contribution in [1.82, 2.24) is 10.1 Å². The molecule has 0 radical (unpaired) electrons. The molecule has 0 saturated heterocycles. The van der Waals surface area contributed by atoms with Gasteiger partial charge in [0.25, 0.3) is 0 Å². The van der Waals surface area contributed by atoms with Crippen LogP contribution in [0.2, 0.25) is 0 Å². The average Bonchev–Trinajstić information content (AvgIpc) is 3.06. The van der Waals surface area contributed by atoms with Gasteiger partial charge in [0.2, 0.25) is 17.6 Å². The molecule has 1 amide bonds. The number of anilines is 1. The quantitative estimate of drug-likeness (QED) is 0.773. The predicted octanol–water partition coefficient (Wildman–Crippen LogP) is 3.92. The molecule has 0 aliphatic carbocycles. The highest BCUT2D eigenvalue weighted by atomic mass is 16.5. The standard InChI is InChI=1S/C19H19N3O2/c1-13-7-6-8-14(2)18(13)20-16(23)11-12-17-21-19(22-24-17)15-9-4-3-5-10-15/h3-10H,11-12H2,1-2H3,(H,20,23). The summed E-state index contributed by atoms with van der Waals surface area (Å²) in [6.45, 7) is 3.96. The lowest BCUT2D eigenvalue weighted by atomic mass is 10.1. The number of carbonyl (C=O) groups is 1. The van der Waals surface area contributed by atoms with Crippen LogP contribution < -0.4 is 5.32 Å². The molecule has 0 unspecified atom stereocenters. The van der Waals surface area contributed by atoms with Gasteiger partial charge in [0, 0.05) is 24.1 Å². The maximum atomic E-state index is 12.2. The molecule has 0 saturated carbocycles. The SMILES string of the molecule is Cc1cccc(C)c1NC(=O)CCc1nc(-c2ccccc2)no1. The van der Waals surface area contributed by atoms with Gasteiger partial charge in [-0.25, -0.2) is 0 Å². The molecule has 1 heterocycles. The van der Waals surface area contributed by atoms with Gasteiger partial charge in [0.1, 0.15) is 0 Å². The Bertz CT molecular complexity index is 821. The summed E-state index contributed by atoms with van der Waals surface area (Å²) in [7, 11) is 0. The molecule has 0 spiro atoms. The molecule has 122 valence electrons. The van der Waals surface area contributed by atoms with Crippen molar-refractivity contribution in [2.24, 2.45) is 0 Å². The highest BCUT2D eigenvalue weighted by Crippen LogP contribution is 2.20. The van der Waals surface area contributed by atoms with E-state index in [0.29, 0.717) is 24.6 Å². The highest BCUT2D eigenvalue weighted by Gasteiger charge is 2.12. The highest BCUT2D eigenvalue weighted by molar-refractivity contribution is 5.92. The molecule has 3 rings (SSSR count). The van der Waals surface area contributed by atoms with Crippen molar-refractivity contribution in [3.05, 3.63) is 65.5 Å². The van der Waals surface area contributed by atoms with Crippen LogP contribution in [0.4, 0.5) is 5.69 Å². The largest absolute Gasteiger partial charge is 0.339 e. The van der Waals surface area contributed by atoms with Gasteiger partial charge in [-0.2, -0.15) is 4.98 Å². The fourth-order valence-corrected chi connectivity index (χ4v) is 2.49. The summed E-state index contributed by atoms with van der Waals surface area (Å²) < 4.78 is 5.23. The van der Waals surface area contributed by atoms with Crippen molar-refractivity contribution in [2.75, 3.05) is 5.32 Å². The smallest absolute Gasteiger partial charge is 0.227 e. The van der Waals surface area contributed by atoms with Crippen molar-refractivity contribution in [2.45, 2.75) is 26.7 Å². The number of benzene rings is 2. The maximum absolute atomic E-state index is 12.2. The molecule has 2 aromatic carbocycles. The molecule has 1 aromatic heterocycles. The van der Waals surface area contributed by atoms with E-state index in [1.165, 1.54) is 0 Å². The molecule has 3 aromatic rings. The van der Waals surface area contributed by atoms with Gasteiger partial charge in [-0.05, 0) is 25.0 Å². The lowest BCUT2D eigenvalue weighted by Crippen LogP contribution is -2.14. The van der Waals surface area contributed by atoms with Crippen LogP contribution in [0.15, 0.2) is 53.1 Å². The molecule has 0 aliphatic rings. The third kappa shape index (κ3) is 3.68. The van der Waals surface area contributed by atoms with E-state index < -0.39 is 0 Å². The van der Waals surface area contributed by atoms with Crippen LogP contribution in [0.25, 0.3) is 11.4 Å². The molecule has 0 fully saturated rings. The van der Waals surface area contributed by atoms with Crippen LogP contribution >= 0.6 is 0 Å². The van der Waals surface area contributed by atoms with E-state index in [-0.39, 0.29) is 5.91 Å². The minimum atomic E-state index is -0.0631. The third-order valence-electron chi connectivity index (χ3n) is 3.81. The Balaban J connectivity index is 1.60. The summed E-state index contributed by atoms with van der Waals surface area (Å²) in [5.74, 6) is 0.943. The molecule has 0 atom stereocenters. The van der Waals surface area contributed by atoms with Gasteiger partial charge in [-0.1, -0.05) is 53.7 Å². The number of aryl methyl sites for hydroxylation is 3. The zero-order valence-electron chi connectivity index (χ0n) is 13.7. The molecular formula is C19H19N3O2. The van der Waals surface area contributed by atoms with Crippen LogP contribution in [-0.2, 0) is 11.2 Å². The Morgan fingerprint density at radius 1 is 1.04 bits per heavy atom. The number of amides is 1. The molecule has 1 N–H and O–H groups in total. The Morgan fingerprint density at radius 3 is 2.46 bits per heavy atom. The summed E-state index contributed by atoms with van der Waals surface area (Å²) in [4.78, 5) is 16.5. The summed E-state index contributed by atoms with van der Waals surface area (Å²) in [5, 5.41) is 6.92. The summed E-state index contributed by atoms with van der Waals surface area (Å²) in [6.07, 6.45) is 0.709. The number of carbonyl (C=O) groups excluding carboxylic acids is 1. The monoisotopic (exact) mass is 321 g/mol. The van der Waals surface area contributed by atoms with Crippen molar-refractivity contribution in [3.63, 3.8) is 0 Å². The van der Waals surface area contributed by atoms with E-state index in [1.54, 1.807) is 0 Å². The van der Waals surface area contributed by atoms with Crippen LogP contribution in [0.3, 0.4) is 0 Å². The van der Waals surface area contributed by atoms with Gasteiger partial charge >= 0.3 is 0 Å². The minimum absolute atomic E-state index is 0.0631. The summed E-state index contributed by atoms with van der Waals surface area (Å²) in [5.41, 5.74) is 3.87. The number of aromatic nitrogens is 2. The molecule has 5 heteroatoms. The fourth-order valence-electron chi connectivity index (χ4n) is 2.49. The van der Waals surface area contributed by atoms with Crippen molar-refractivity contribution >= 4 is 11.6 Å². The number of nitrogens with zero attached hydrogens (tertiary/aromatic N) is 2. The number of rotatable bonds is 5. The second-order valence-corrected chi connectivity index (χ2v) is 5.69. The predicted molar refractivity (Wildman–Crippen MR) is 92.6 cm³/mol. The Labute approximate surface area is 140 Å². The van der Waals surface area contributed by atoms with E-state index in [4.69, 9.17) is 4.52 Å². The number of hydrogen-bond acceptors (Lipinski definition) is 4. The van der Waals surface area contributed by atoms with E-state index in [1.807, 2.05) is 62.4 Å². The van der Waals surface area contributed by atoms with Crippen molar-refractivity contribution in [3.8, 4) is 11.4 Å². The lowest BCUT2D eigenvalue weighted by Gasteiger charge is -2.10. The number of nitrogens with one attached hydrogen (secondary N) is 1. The first kappa shape index (κ1) is 15.9. The zero-order valence-corrected chi connectivity index (χ0v) is 13.7. The van der Waals surface area contributed by atoms with Gasteiger partial charge in [-0.3, -0.25) is 4.79 Å². The molecule has 0 aliphatic heterocycles. The summed E-state index contributed by atoms with van der Waals surface area (Å²) >= 11 is 0. The van der Waals surface area contributed by atoms with Crippen molar-refractivity contribution < 1.29 is 9.32 Å². The second kappa shape index (κ2) is 7.08. The topological polar surface area (TPSA) is 68.0 Å². The first-order valence-corrected chi connectivity index (χ1v) is 7.87. The average molecular weight is 321 g/mol. The van der Waals surface area contributed by atoms with Crippen molar-refractivity contribution in [1.29, 1.82) is 0 Å². The lowest BCUT2D eigenvalue weighted by molar-refractivity contribution is -0.116. The second-order valence-electron chi connectivity index (χ2n) is 5.69. The molecule has 5 nitrogen and oxygen atoms in total. The van der Waals surface area contributed by atoms with Crippen LogP contribution in [0.5, 0.6) is 0 Å². The molecule has 24 heavy (non-hydrogen) atoms. The number of para-hydroxylation sites is 1. The van der Waals surface area contributed by atoms with Crippen LogP contribution in [0.1, 0.15) is 23.4 Å². The van der Waals surface area contributed by atoms with E-state index in [0.717, 1.165) is 22.4 Å². The number of hydrogen-bond donors (Lipinski definition) is 1. The molecular weight excluding hydrogens is 302 g/mol. The Morgan fingerprint density at radius 2 is 1.75 bits per heavy atom. The van der Waals surface area contributed by atoms with E-state index in [9.17, 15) is 4.79 Å². The van der Waals surface area contributed by atoms with E-state index in [2.05, 4.69) is 15.5 Å². The van der Waals surface area contributed by atoms with Gasteiger partial charge in [0.05, 0.1) is 0 Å². The maximum Gasteiger partial charge on any atom is 0.227 e. The zero-order chi connectivity index (χ0) is 16.9. The van der Waals surface area contributed by atoms with Gasteiger partial charge in [0.15, 0.2) is 0 Å². The van der Waals surface area contributed by atoms with Crippen LogP contribution in [-0.4, -0.2) is 16.0 Å². The summed E-state index contributed by atoms with van der Waals surface area (Å²) in [6, 6.07) is 15.5. The van der Waals surface area contributed by atoms with E-state index >= 15 is 0 Å². The Hall–Kier alpha value is -2.95. The van der Waals surface area contributed by atoms with Gasteiger partial charge < -0.3 is 9.84 Å². The van der Waals surface area contributed by atoms with Gasteiger partial charge in [-0.15, -0.1) is 0 Å². The first-order chi connectivity index (χ1) is 11.6. The fraction of sp³-hybridized carbons (Fsp3) is 0.211.